The number of benzene rings is 1. The van der Waals surface area contributed by atoms with E-state index in [2.05, 4.69) is 5.32 Å². The third kappa shape index (κ3) is 5.34. The molecule has 1 N–H and O–H groups in total. The third-order valence-electron chi connectivity index (χ3n) is 3.46. The third-order valence-corrected chi connectivity index (χ3v) is 4.97. The first-order valence-electron chi connectivity index (χ1n) is 6.93. The zero-order valence-electron chi connectivity index (χ0n) is 12.2. The number of rotatable bonds is 3. The fraction of sp³-hybridized carbons (Fsp3) is 0.500. The molecule has 0 aromatic heterocycles. The van der Waals surface area contributed by atoms with Gasteiger partial charge in [0.25, 0.3) is 0 Å². The summed E-state index contributed by atoms with van der Waals surface area (Å²) in [5.41, 5.74) is 0.521. The number of amides is 2. The number of sulfone groups is 1. The number of hydrogen-bond acceptors (Lipinski definition) is 3. The van der Waals surface area contributed by atoms with Crippen LogP contribution in [-0.4, -0.2) is 44.4 Å². The van der Waals surface area contributed by atoms with Gasteiger partial charge in [-0.1, -0.05) is 23.2 Å². The van der Waals surface area contributed by atoms with Crippen LogP contribution in [0.25, 0.3) is 0 Å². The average Bonchev–Trinajstić information content (AvgIpc) is 2.35. The van der Waals surface area contributed by atoms with Crippen LogP contribution in [0.3, 0.4) is 0 Å². The van der Waals surface area contributed by atoms with E-state index < -0.39 is 9.84 Å². The van der Waals surface area contributed by atoms with E-state index in [1.54, 1.807) is 23.1 Å². The van der Waals surface area contributed by atoms with Gasteiger partial charge in [0.1, 0.15) is 9.84 Å². The van der Waals surface area contributed by atoms with Crippen molar-refractivity contribution < 1.29 is 13.2 Å². The first kappa shape index (κ1) is 17.4. The number of nitrogens with zero attached hydrogens (tertiary/aromatic N) is 1. The summed E-state index contributed by atoms with van der Waals surface area (Å²) in [6.45, 7) is 1.05. The largest absolute Gasteiger partial charge is 0.324 e. The van der Waals surface area contributed by atoms with Gasteiger partial charge >= 0.3 is 6.03 Å². The molecule has 122 valence electrons. The van der Waals surface area contributed by atoms with Crippen molar-refractivity contribution in [1.82, 2.24) is 4.90 Å². The zero-order valence-corrected chi connectivity index (χ0v) is 14.5. The van der Waals surface area contributed by atoms with Crippen LogP contribution >= 0.6 is 23.2 Å². The first-order valence-corrected chi connectivity index (χ1v) is 9.74. The molecule has 2 rings (SSSR count). The molecule has 1 aromatic carbocycles. The number of piperidine rings is 1. The predicted molar refractivity (Wildman–Crippen MR) is 89.5 cm³/mol. The molecule has 1 aliphatic rings. The summed E-state index contributed by atoms with van der Waals surface area (Å²) >= 11 is 11.8. The maximum Gasteiger partial charge on any atom is 0.321 e. The second-order valence-electron chi connectivity index (χ2n) is 5.63. The number of anilines is 1. The highest BCUT2D eigenvalue weighted by Gasteiger charge is 2.26. The van der Waals surface area contributed by atoms with Crippen LogP contribution in [0.5, 0.6) is 0 Å². The van der Waals surface area contributed by atoms with E-state index in [1.807, 2.05) is 0 Å². The predicted octanol–water partition coefficient (Wildman–Crippen LogP) is 3.28. The van der Waals surface area contributed by atoms with Crippen LogP contribution in [0.4, 0.5) is 10.5 Å². The molecule has 2 amide bonds. The first-order chi connectivity index (χ1) is 10.2. The van der Waals surface area contributed by atoms with Gasteiger partial charge in [-0.25, -0.2) is 13.2 Å². The lowest BCUT2D eigenvalue weighted by Gasteiger charge is -2.32. The van der Waals surface area contributed by atoms with E-state index in [4.69, 9.17) is 23.2 Å². The summed E-state index contributed by atoms with van der Waals surface area (Å²) < 4.78 is 22.8. The lowest BCUT2D eigenvalue weighted by atomic mass is 10.0. The molecule has 1 fully saturated rings. The van der Waals surface area contributed by atoms with Crippen molar-refractivity contribution in [2.24, 2.45) is 5.92 Å². The molecule has 0 radical (unpaired) electrons. The van der Waals surface area contributed by atoms with Gasteiger partial charge in [0.2, 0.25) is 0 Å². The molecule has 1 heterocycles. The lowest BCUT2D eigenvalue weighted by molar-refractivity contribution is 0.183. The summed E-state index contributed by atoms with van der Waals surface area (Å²) in [7, 11) is -3.04. The molecule has 8 heteroatoms. The number of hydrogen-bond donors (Lipinski definition) is 1. The van der Waals surface area contributed by atoms with Crippen LogP contribution < -0.4 is 5.32 Å². The number of halogens is 2. The van der Waals surface area contributed by atoms with E-state index in [9.17, 15) is 13.2 Å². The summed E-state index contributed by atoms with van der Waals surface area (Å²) in [6, 6.07) is 4.55. The molecule has 0 unspecified atom stereocenters. The SMILES string of the molecule is CS(=O)(=O)C[C@@H]1CCCN(C(=O)Nc2cc(Cl)cc(Cl)c2)C1. The highest BCUT2D eigenvalue weighted by Crippen LogP contribution is 2.24. The van der Waals surface area contributed by atoms with E-state index in [1.165, 1.54) is 6.26 Å². The number of nitrogens with one attached hydrogen (secondary N) is 1. The summed E-state index contributed by atoms with van der Waals surface area (Å²) in [6.07, 6.45) is 2.84. The van der Waals surface area contributed by atoms with Crippen molar-refractivity contribution in [1.29, 1.82) is 0 Å². The number of carbonyl (C=O) groups excluding carboxylic acids is 1. The molecule has 1 aromatic rings. The van der Waals surface area contributed by atoms with E-state index >= 15 is 0 Å². The molecule has 0 aliphatic carbocycles. The van der Waals surface area contributed by atoms with Gasteiger partial charge in [-0.15, -0.1) is 0 Å². The topological polar surface area (TPSA) is 66.5 Å². The Hall–Kier alpha value is -0.980. The van der Waals surface area contributed by atoms with Gasteiger partial charge in [0.15, 0.2) is 0 Å². The van der Waals surface area contributed by atoms with Crippen molar-refractivity contribution in [2.75, 3.05) is 30.4 Å². The Morgan fingerprint density at radius 2 is 1.95 bits per heavy atom. The Labute approximate surface area is 140 Å². The van der Waals surface area contributed by atoms with Gasteiger partial charge in [-0.3, -0.25) is 0 Å². The highest BCUT2D eigenvalue weighted by atomic mass is 35.5. The molecular weight excluding hydrogens is 347 g/mol. The van der Waals surface area contributed by atoms with Gasteiger partial charge in [-0.2, -0.15) is 0 Å². The monoisotopic (exact) mass is 364 g/mol. The molecule has 0 spiro atoms. The molecule has 0 bridgehead atoms. The second-order valence-corrected chi connectivity index (χ2v) is 8.69. The number of likely N-dealkylation sites (tertiary alicyclic amines) is 1. The van der Waals surface area contributed by atoms with E-state index in [0.717, 1.165) is 12.8 Å². The van der Waals surface area contributed by atoms with E-state index in [-0.39, 0.29) is 17.7 Å². The Morgan fingerprint density at radius 3 is 2.55 bits per heavy atom. The maximum atomic E-state index is 12.3. The highest BCUT2D eigenvalue weighted by molar-refractivity contribution is 7.90. The zero-order chi connectivity index (χ0) is 16.3. The lowest BCUT2D eigenvalue weighted by Crippen LogP contribution is -2.43. The Morgan fingerprint density at radius 1 is 1.32 bits per heavy atom. The molecule has 22 heavy (non-hydrogen) atoms. The Kier molecular flexibility index (Phi) is 5.58. The Bertz CT molecular complexity index is 644. The van der Waals surface area contributed by atoms with Crippen LogP contribution in [0.15, 0.2) is 18.2 Å². The Balaban J connectivity index is 1.99. The standard InChI is InChI=1S/C14H18Cl2N2O3S/c1-22(20,21)9-10-3-2-4-18(8-10)14(19)17-13-6-11(15)5-12(16)7-13/h5-7,10H,2-4,8-9H2,1H3,(H,17,19)/t10-/m1/s1. The van der Waals surface area contributed by atoms with Gasteiger partial charge in [-0.05, 0) is 37.0 Å². The molecule has 1 saturated heterocycles. The summed E-state index contributed by atoms with van der Waals surface area (Å²) in [4.78, 5) is 13.9. The van der Waals surface area contributed by atoms with E-state index in [0.29, 0.717) is 28.8 Å². The fourth-order valence-corrected chi connectivity index (χ4v) is 4.30. The smallest absolute Gasteiger partial charge is 0.321 e. The molecule has 5 nitrogen and oxygen atoms in total. The minimum Gasteiger partial charge on any atom is -0.324 e. The number of urea groups is 1. The van der Waals surface area contributed by atoms with Crippen molar-refractivity contribution >= 4 is 44.8 Å². The quantitative estimate of drug-likeness (QED) is 0.894. The molecule has 1 aliphatic heterocycles. The van der Waals surface area contributed by atoms with Gasteiger partial charge in [0, 0.05) is 35.1 Å². The molecule has 1 atom stereocenters. The van der Waals surface area contributed by atoms with Crippen LogP contribution in [0.1, 0.15) is 12.8 Å². The van der Waals surface area contributed by atoms with Crippen LogP contribution in [0, 0.1) is 5.92 Å². The minimum atomic E-state index is -3.04. The molecule has 0 saturated carbocycles. The molecular formula is C14H18Cl2N2O3S. The van der Waals surface area contributed by atoms with Gasteiger partial charge < -0.3 is 10.2 Å². The van der Waals surface area contributed by atoms with Crippen molar-refractivity contribution in [2.45, 2.75) is 12.8 Å². The summed E-state index contributed by atoms with van der Waals surface area (Å²) in [5, 5.41) is 3.63. The van der Waals surface area contributed by atoms with Crippen molar-refractivity contribution in [3.8, 4) is 0 Å². The second kappa shape index (κ2) is 7.06. The minimum absolute atomic E-state index is 0.0163. The van der Waals surface area contributed by atoms with Crippen LogP contribution in [0.2, 0.25) is 10.0 Å². The van der Waals surface area contributed by atoms with Crippen LogP contribution in [-0.2, 0) is 9.84 Å². The maximum absolute atomic E-state index is 12.3. The normalized spacial score (nSPS) is 19.0. The van der Waals surface area contributed by atoms with Crippen molar-refractivity contribution in [3.05, 3.63) is 28.2 Å². The summed E-state index contributed by atoms with van der Waals surface area (Å²) in [5.74, 6) is 0.0946. The van der Waals surface area contributed by atoms with Gasteiger partial charge in [0.05, 0.1) is 5.75 Å². The van der Waals surface area contributed by atoms with Crippen molar-refractivity contribution in [3.63, 3.8) is 0 Å². The fourth-order valence-electron chi connectivity index (χ4n) is 2.64. The number of carbonyl (C=O) groups is 1. The average molecular weight is 365 g/mol.